The van der Waals surface area contributed by atoms with Crippen LogP contribution in [0.25, 0.3) is 22.5 Å². The Bertz CT molecular complexity index is 1590. The van der Waals surface area contributed by atoms with Crippen LogP contribution in [0.2, 0.25) is 0 Å². The number of amides is 2. The van der Waals surface area contributed by atoms with E-state index in [1.54, 1.807) is 12.1 Å². The van der Waals surface area contributed by atoms with Crippen molar-refractivity contribution >= 4 is 17.8 Å². The Morgan fingerprint density at radius 2 is 1.39 bits per heavy atom. The van der Waals surface area contributed by atoms with Crippen molar-refractivity contribution in [1.29, 1.82) is 0 Å². The van der Waals surface area contributed by atoms with Crippen molar-refractivity contribution in [2.45, 2.75) is 77.7 Å². The lowest BCUT2D eigenvalue weighted by Gasteiger charge is -2.20. The molecule has 4 aromatic rings. The van der Waals surface area contributed by atoms with Gasteiger partial charge in [-0.15, -0.1) is 0 Å². The van der Waals surface area contributed by atoms with Gasteiger partial charge in [-0.05, 0) is 52.6 Å². The summed E-state index contributed by atoms with van der Waals surface area (Å²) in [6.07, 6.45) is 8.40. The number of nitrogens with zero attached hydrogens (tertiary/aromatic N) is 2. The molecule has 0 aliphatic heterocycles. The van der Waals surface area contributed by atoms with Crippen LogP contribution < -0.4 is 10.6 Å². The molecule has 1 atom stereocenters. The highest BCUT2D eigenvalue weighted by atomic mass is 16.4. The number of aromatic nitrogens is 2. The number of rotatable bonds is 14. The van der Waals surface area contributed by atoms with E-state index in [2.05, 4.69) is 72.6 Å². The number of nitrogens with one attached hydrogen (secondary N) is 2. The normalized spacial score (nSPS) is 11.9. The van der Waals surface area contributed by atoms with Crippen LogP contribution in [0.3, 0.4) is 0 Å². The highest BCUT2D eigenvalue weighted by molar-refractivity contribution is 5.97. The highest BCUT2D eigenvalue weighted by Gasteiger charge is 2.23. The molecule has 2 amide bonds. The quantitative estimate of drug-likeness (QED) is 0.134. The Morgan fingerprint density at radius 1 is 0.783 bits per heavy atom. The molecule has 0 fully saturated rings. The molecule has 240 valence electrons. The van der Waals surface area contributed by atoms with Crippen LogP contribution in [0.15, 0.2) is 85.2 Å². The summed E-state index contributed by atoms with van der Waals surface area (Å²) in [4.78, 5) is 46.3. The Balaban J connectivity index is 1.43. The van der Waals surface area contributed by atoms with Crippen molar-refractivity contribution in [3.63, 3.8) is 0 Å². The van der Waals surface area contributed by atoms with E-state index < -0.39 is 17.9 Å². The van der Waals surface area contributed by atoms with Gasteiger partial charge in [0.05, 0.1) is 6.42 Å². The first kappa shape index (κ1) is 34.0. The van der Waals surface area contributed by atoms with Gasteiger partial charge in [0.15, 0.2) is 5.82 Å². The molecule has 0 spiro atoms. The maximum atomic E-state index is 13.1. The van der Waals surface area contributed by atoms with Crippen LogP contribution in [0.4, 0.5) is 0 Å². The first-order chi connectivity index (χ1) is 22.0. The summed E-state index contributed by atoms with van der Waals surface area (Å²) in [7, 11) is 0. The van der Waals surface area contributed by atoms with E-state index >= 15 is 0 Å². The predicted octanol–water partition coefficient (Wildman–Crippen LogP) is 6.77. The van der Waals surface area contributed by atoms with Crippen LogP contribution >= 0.6 is 0 Å². The molecule has 3 N–H and O–H groups in total. The summed E-state index contributed by atoms with van der Waals surface area (Å²) >= 11 is 0. The molecule has 8 nitrogen and oxygen atoms in total. The van der Waals surface area contributed by atoms with Crippen LogP contribution in [0, 0.1) is 0 Å². The van der Waals surface area contributed by atoms with Gasteiger partial charge >= 0.3 is 5.97 Å². The van der Waals surface area contributed by atoms with Gasteiger partial charge in [-0.3, -0.25) is 14.4 Å². The Labute approximate surface area is 271 Å². The van der Waals surface area contributed by atoms with Crippen LogP contribution in [0.1, 0.15) is 80.4 Å². The fraction of sp³-hybridized carbons (Fsp3) is 0.342. The molecular formula is C38H44N4O4. The zero-order valence-electron chi connectivity index (χ0n) is 27.2. The molecule has 46 heavy (non-hydrogen) atoms. The fourth-order valence-electron chi connectivity index (χ4n) is 5.08. The molecule has 0 saturated carbocycles. The number of aryl methyl sites for hydroxylation is 1. The van der Waals surface area contributed by atoms with Crippen molar-refractivity contribution in [2.75, 3.05) is 6.54 Å². The molecule has 4 rings (SSSR count). The molecule has 3 aromatic carbocycles. The Hall–Kier alpha value is -4.85. The molecule has 0 unspecified atom stereocenters. The second kappa shape index (κ2) is 15.9. The molecular weight excluding hydrogens is 576 g/mol. The Kier molecular flexibility index (Phi) is 11.8. The molecule has 0 aliphatic carbocycles. The monoisotopic (exact) mass is 620 g/mol. The van der Waals surface area contributed by atoms with Gasteiger partial charge < -0.3 is 15.7 Å². The van der Waals surface area contributed by atoms with E-state index in [0.29, 0.717) is 11.4 Å². The van der Waals surface area contributed by atoms with E-state index in [9.17, 15) is 14.4 Å². The largest absolute Gasteiger partial charge is 0.481 e. The molecule has 8 heteroatoms. The zero-order chi connectivity index (χ0) is 33.1. The summed E-state index contributed by atoms with van der Waals surface area (Å²) in [6.45, 7) is 8.47. The average molecular weight is 621 g/mol. The number of carboxylic acids is 1. The van der Waals surface area contributed by atoms with E-state index in [4.69, 9.17) is 5.11 Å². The summed E-state index contributed by atoms with van der Waals surface area (Å²) in [6, 6.07) is 22.5. The van der Waals surface area contributed by atoms with Gasteiger partial charge in [0, 0.05) is 42.0 Å². The fourth-order valence-corrected chi connectivity index (χ4v) is 5.08. The first-order valence-electron chi connectivity index (χ1n) is 15.9. The minimum absolute atomic E-state index is 0.0316. The van der Waals surface area contributed by atoms with Crippen molar-refractivity contribution in [3.8, 4) is 22.5 Å². The third-order valence-electron chi connectivity index (χ3n) is 7.93. The van der Waals surface area contributed by atoms with Crippen LogP contribution in [0.5, 0.6) is 0 Å². The van der Waals surface area contributed by atoms with Crippen molar-refractivity contribution in [2.24, 2.45) is 0 Å². The summed E-state index contributed by atoms with van der Waals surface area (Å²) in [5.41, 5.74) is 6.48. The SMILES string of the molecule is CCCCCc1ccc(-c2cnc(-c3ccc(C[C@H](NC(=O)c4ccc(C(C)(C)C)cc4)C(=O)NCCC(=O)O)cc3)nc2)cc1. The minimum atomic E-state index is -1.01. The van der Waals surface area contributed by atoms with Gasteiger partial charge in [-0.2, -0.15) is 0 Å². The molecule has 1 aromatic heterocycles. The van der Waals surface area contributed by atoms with Crippen molar-refractivity contribution in [3.05, 3.63) is 107 Å². The Morgan fingerprint density at radius 3 is 1.98 bits per heavy atom. The van der Waals surface area contributed by atoms with Gasteiger partial charge in [0.25, 0.3) is 5.91 Å². The van der Waals surface area contributed by atoms with Gasteiger partial charge in [-0.1, -0.05) is 101 Å². The number of hydrogen-bond acceptors (Lipinski definition) is 5. The summed E-state index contributed by atoms with van der Waals surface area (Å²) in [5, 5.41) is 14.5. The average Bonchev–Trinajstić information content (AvgIpc) is 3.05. The third-order valence-corrected chi connectivity index (χ3v) is 7.93. The predicted molar refractivity (Wildman–Crippen MR) is 181 cm³/mol. The number of carboxylic acid groups (broad SMARTS) is 1. The smallest absolute Gasteiger partial charge is 0.305 e. The molecule has 1 heterocycles. The maximum Gasteiger partial charge on any atom is 0.305 e. The van der Waals surface area contributed by atoms with E-state index in [0.717, 1.165) is 34.2 Å². The lowest BCUT2D eigenvalue weighted by Crippen LogP contribution is -2.48. The lowest BCUT2D eigenvalue weighted by atomic mass is 9.86. The summed E-state index contributed by atoms with van der Waals surface area (Å²) in [5.74, 6) is -1.25. The molecule has 0 radical (unpaired) electrons. The number of benzene rings is 3. The number of hydrogen-bond donors (Lipinski definition) is 3. The van der Waals surface area contributed by atoms with E-state index in [1.165, 1.54) is 24.8 Å². The third kappa shape index (κ3) is 9.83. The molecule has 0 aliphatic rings. The van der Waals surface area contributed by atoms with E-state index in [1.807, 2.05) is 48.8 Å². The molecule has 0 saturated heterocycles. The zero-order valence-corrected chi connectivity index (χ0v) is 27.2. The lowest BCUT2D eigenvalue weighted by molar-refractivity contribution is -0.137. The van der Waals surface area contributed by atoms with Crippen LogP contribution in [-0.2, 0) is 27.8 Å². The van der Waals surface area contributed by atoms with Gasteiger partial charge in [-0.25, -0.2) is 9.97 Å². The van der Waals surface area contributed by atoms with Crippen molar-refractivity contribution < 1.29 is 19.5 Å². The second-order valence-corrected chi connectivity index (χ2v) is 12.6. The first-order valence-corrected chi connectivity index (χ1v) is 15.9. The molecule has 0 bridgehead atoms. The maximum absolute atomic E-state index is 13.1. The van der Waals surface area contributed by atoms with Gasteiger partial charge in [0.1, 0.15) is 6.04 Å². The second-order valence-electron chi connectivity index (χ2n) is 12.6. The van der Waals surface area contributed by atoms with E-state index in [-0.39, 0.29) is 30.7 Å². The summed E-state index contributed by atoms with van der Waals surface area (Å²) < 4.78 is 0. The number of carbonyl (C=O) groups is 3. The number of unbranched alkanes of at least 4 members (excludes halogenated alkanes) is 2. The number of carbonyl (C=O) groups excluding carboxylic acids is 2. The minimum Gasteiger partial charge on any atom is -0.481 e. The standard InChI is InChI=1S/C38H44N4O4/c1-5-6-7-8-26-9-13-28(14-10-26)31-24-40-35(41-25-31)29-15-11-27(12-16-29)23-33(37(46)39-22-21-34(43)44)42-36(45)30-17-19-32(20-18-30)38(2,3)4/h9-20,24-25,33H,5-8,21-23H2,1-4H3,(H,39,46)(H,42,45)(H,43,44)/t33-/m0/s1. The van der Waals surface area contributed by atoms with Crippen LogP contribution in [-0.4, -0.2) is 45.4 Å². The van der Waals surface area contributed by atoms with Crippen molar-refractivity contribution in [1.82, 2.24) is 20.6 Å². The highest BCUT2D eigenvalue weighted by Crippen LogP contribution is 2.24. The van der Waals surface area contributed by atoms with Gasteiger partial charge in [0.2, 0.25) is 5.91 Å². The topological polar surface area (TPSA) is 121 Å². The number of aliphatic carboxylic acids is 1.